The van der Waals surface area contributed by atoms with Crippen molar-refractivity contribution in [3.8, 4) is 6.07 Å². The van der Waals surface area contributed by atoms with Crippen molar-refractivity contribution < 1.29 is 14.4 Å². The molecule has 3 atom stereocenters. The Morgan fingerprint density at radius 3 is 2.74 bits per heavy atom. The van der Waals surface area contributed by atoms with Crippen LogP contribution < -0.4 is 10.6 Å². The first-order valence-electron chi connectivity index (χ1n) is 11.9. The summed E-state index contributed by atoms with van der Waals surface area (Å²) in [7, 11) is 0. The zero-order valence-electron chi connectivity index (χ0n) is 20.1. The second-order valence-corrected chi connectivity index (χ2v) is 11.0. The largest absolute Gasteiger partial charge is 0.339 e. The number of nitrogens with zero attached hydrogens (tertiary/aromatic N) is 5. The molecule has 5 rings (SSSR count). The number of likely N-dealkylation sites (tertiary alicyclic amines) is 1. The number of anilines is 1. The minimum atomic E-state index is -0.976. The average molecular weight is 476 g/mol. The maximum absolute atomic E-state index is 13.8. The lowest BCUT2D eigenvalue weighted by Gasteiger charge is -2.31. The van der Waals surface area contributed by atoms with E-state index in [2.05, 4.69) is 27.0 Å². The lowest BCUT2D eigenvalue weighted by atomic mass is 9.80. The number of benzene rings is 1. The van der Waals surface area contributed by atoms with Gasteiger partial charge < -0.3 is 15.5 Å². The van der Waals surface area contributed by atoms with Crippen LogP contribution in [0.1, 0.15) is 68.5 Å². The van der Waals surface area contributed by atoms with E-state index in [4.69, 9.17) is 0 Å². The van der Waals surface area contributed by atoms with Gasteiger partial charge in [0.25, 0.3) is 5.91 Å². The van der Waals surface area contributed by atoms with Crippen LogP contribution in [0.15, 0.2) is 30.5 Å². The van der Waals surface area contributed by atoms with Crippen molar-refractivity contribution in [3.63, 3.8) is 0 Å². The minimum Gasteiger partial charge on any atom is -0.339 e. The smallest absolute Gasteiger partial charge is 0.274 e. The third-order valence-corrected chi connectivity index (χ3v) is 7.00. The molecule has 0 radical (unpaired) electrons. The van der Waals surface area contributed by atoms with E-state index in [1.54, 1.807) is 10.9 Å². The van der Waals surface area contributed by atoms with Gasteiger partial charge >= 0.3 is 0 Å². The van der Waals surface area contributed by atoms with Gasteiger partial charge in [-0.3, -0.25) is 14.4 Å². The van der Waals surface area contributed by atoms with Gasteiger partial charge in [0.05, 0.1) is 23.7 Å². The van der Waals surface area contributed by atoms with Crippen LogP contribution in [0.4, 0.5) is 5.69 Å². The van der Waals surface area contributed by atoms with Crippen molar-refractivity contribution in [1.29, 1.82) is 5.26 Å². The molecule has 0 bridgehead atoms. The Kier molecular flexibility index (Phi) is 5.38. The second kappa shape index (κ2) is 8.18. The van der Waals surface area contributed by atoms with E-state index in [1.165, 1.54) is 4.90 Å². The molecule has 10 nitrogen and oxygen atoms in total. The molecule has 1 aromatic heterocycles. The molecule has 1 spiro atoms. The molecule has 2 aromatic rings. The van der Waals surface area contributed by atoms with E-state index in [1.807, 2.05) is 45.0 Å². The molecule has 1 saturated heterocycles. The summed E-state index contributed by atoms with van der Waals surface area (Å²) in [5, 5.41) is 23.7. The number of para-hydroxylation sites is 1. The Balaban J connectivity index is 1.41. The summed E-state index contributed by atoms with van der Waals surface area (Å²) in [4.78, 5) is 41.4. The first kappa shape index (κ1) is 23.0. The lowest BCUT2D eigenvalue weighted by Crippen LogP contribution is -2.52. The molecule has 1 saturated carbocycles. The third kappa shape index (κ3) is 4.16. The molecule has 3 amide bonds. The summed E-state index contributed by atoms with van der Waals surface area (Å²) in [5.74, 6) is -1.06. The second-order valence-electron chi connectivity index (χ2n) is 11.0. The number of hydrogen-bond acceptors (Lipinski definition) is 6. The maximum Gasteiger partial charge on any atom is 0.274 e. The van der Waals surface area contributed by atoms with Crippen LogP contribution in [-0.4, -0.2) is 56.2 Å². The van der Waals surface area contributed by atoms with Crippen molar-refractivity contribution in [3.05, 3.63) is 41.7 Å². The fourth-order valence-corrected chi connectivity index (χ4v) is 5.13. The average Bonchev–Trinajstić information content (AvgIpc) is 3.30. The highest BCUT2D eigenvalue weighted by molar-refractivity contribution is 6.07. The molecule has 182 valence electrons. The fraction of sp³-hybridized carbons (Fsp3) is 0.520. The van der Waals surface area contributed by atoms with E-state index >= 15 is 0 Å². The number of carbonyl (C=O) groups is 3. The van der Waals surface area contributed by atoms with Gasteiger partial charge in [0.15, 0.2) is 5.69 Å². The highest BCUT2D eigenvalue weighted by Crippen LogP contribution is 2.46. The standard InChI is InChI=1S/C25H29N7O3/c1-24(2,3)11-19(27-21(33)20-13-32(30-29-20)15-8-9-15)22(34)31-14-25(10-16(31)12-26)17-6-4-5-7-18(17)28-23(25)35/h4-7,13,15-16,19H,8-11,14H2,1-3H3,(H,27,33)(H,28,35)/t16-,19-,25-/m0/s1. The minimum absolute atomic E-state index is 0.0846. The van der Waals surface area contributed by atoms with Gasteiger partial charge in [-0.15, -0.1) is 5.10 Å². The number of nitriles is 1. The molecule has 0 unspecified atom stereocenters. The number of fused-ring (bicyclic) bond motifs is 2. The predicted octanol–water partition coefficient (Wildman–Crippen LogP) is 2.16. The van der Waals surface area contributed by atoms with Crippen molar-refractivity contribution >= 4 is 23.4 Å². The zero-order valence-corrected chi connectivity index (χ0v) is 20.1. The van der Waals surface area contributed by atoms with Crippen molar-refractivity contribution in [1.82, 2.24) is 25.2 Å². The Labute approximate surface area is 203 Å². The van der Waals surface area contributed by atoms with E-state index in [0.717, 1.165) is 18.4 Å². The first-order chi connectivity index (χ1) is 16.6. The van der Waals surface area contributed by atoms with E-state index in [-0.39, 0.29) is 41.9 Å². The molecule has 1 aliphatic carbocycles. The Bertz CT molecular complexity index is 1240. The van der Waals surface area contributed by atoms with Crippen LogP contribution in [0, 0.1) is 16.7 Å². The number of rotatable bonds is 5. The van der Waals surface area contributed by atoms with E-state index in [0.29, 0.717) is 12.1 Å². The van der Waals surface area contributed by atoms with Crippen molar-refractivity contribution in [2.24, 2.45) is 5.41 Å². The van der Waals surface area contributed by atoms with E-state index < -0.39 is 23.4 Å². The van der Waals surface area contributed by atoms with Crippen LogP contribution in [0.2, 0.25) is 0 Å². The fourth-order valence-electron chi connectivity index (χ4n) is 5.13. The number of aromatic nitrogens is 3. The number of amides is 3. The molecule has 2 N–H and O–H groups in total. The van der Waals surface area contributed by atoms with Gasteiger partial charge in [-0.25, -0.2) is 4.68 Å². The van der Waals surface area contributed by atoms with Gasteiger partial charge in [-0.05, 0) is 36.3 Å². The summed E-state index contributed by atoms with van der Waals surface area (Å²) in [5.41, 5.74) is 0.407. The highest BCUT2D eigenvalue weighted by Gasteiger charge is 2.56. The normalized spacial score (nSPS) is 24.1. The Hall–Kier alpha value is -3.74. The monoisotopic (exact) mass is 475 g/mol. The summed E-state index contributed by atoms with van der Waals surface area (Å²) >= 11 is 0. The molecule has 10 heteroatoms. The van der Waals surface area contributed by atoms with Gasteiger partial charge in [0.2, 0.25) is 11.8 Å². The molecular formula is C25H29N7O3. The Morgan fingerprint density at radius 2 is 2.06 bits per heavy atom. The third-order valence-electron chi connectivity index (χ3n) is 7.00. The number of hydrogen-bond donors (Lipinski definition) is 2. The molecule has 1 aromatic carbocycles. The molecular weight excluding hydrogens is 446 g/mol. The molecule has 3 aliphatic rings. The molecule has 3 heterocycles. The first-order valence-corrected chi connectivity index (χ1v) is 11.9. The van der Waals surface area contributed by atoms with Crippen LogP contribution in [-0.2, 0) is 15.0 Å². The maximum atomic E-state index is 13.8. The van der Waals surface area contributed by atoms with Crippen LogP contribution >= 0.6 is 0 Å². The quantitative estimate of drug-likeness (QED) is 0.681. The molecule has 35 heavy (non-hydrogen) atoms. The summed E-state index contributed by atoms with van der Waals surface area (Å²) < 4.78 is 1.68. The lowest BCUT2D eigenvalue weighted by molar-refractivity contribution is -0.134. The topological polar surface area (TPSA) is 133 Å². The summed E-state index contributed by atoms with van der Waals surface area (Å²) in [6.45, 7) is 6.03. The summed E-state index contributed by atoms with van der Waals surface area (Å²) in [6.07, 6.45) is 4.20. The Morgan fingerprint density at radius 1 is 1.31 bits per heavy atom. The summed E-state index contributed by atoms with van der Waals surface area (Å²) in [6, 6.07) is 8.22. The number of carbonyl (C=O) groups excluding carboxylic acids is 3. The number of nitrogens with one attached hydrogen (secondary N) is 2. The van der Waals surface area contributed by atoms with Crippen molar-refractivity contribution in [2.75, 3.05) is 11.9 Å². The molecule has 2 fully saturated rings. The van der Waals surface area contributed by atoms with Gasteiger partial charge in [-0.1, -0.05) is 44.2 Å². The van der Waals surface area contributed by atoms with Gasteiger partial charge in [0.1, 0.15) is 12.1 Å². The van der Waals surface area contributed by atoms with E-state index in [9.17, 15) is 19.6 Å². The van der Waals surface area contributed by atoms with Crippen LogP contribution in [0.25, 0.3) is 0 Å². The SMILES string of the molecule is CC(C)(C)C[C@H](NC(=O)c1cn(C2CC2)nn1)C(=O)N1C[C@]2(C[C@H]1C#N)C(=O)Nc1ccccc12. The zero-order chi connectivity index (χ0) is 25.0. The van der Waals surface area contributed by atoms with Gasteiger partial charge in [-0.2, -0.15) is 5.26 Å². The van der Waals surface area contributed by atoms with Crippen molar-refractivity contribution in [2.45, 2.75) is 70.0 Å². The molecule has 2 aliphatic heterocycles. The highest BCUT2D eigenvalue weighted by atomic mass is 16.2. The predicted molar refractivity (Wildman–Crippen MR) is 126 cm³/mol. The van der Waals surface area contributed by atoms with Crippen LogP contribution in [0.3, 0.4) is 0 Å². The van der Waals surface area contributed by atoms with Crippen LogP contribution in [0.5, 0.6) is 0 Å². The van der Waals surface area contributed by atoms with Gasteiger partial charge in [0, 0.05) is 18.7 Å².